The van der Waals surface area contributed by atoms with Crippen molar-refractivity contribution >= 4 is 10.9 Å². The molecule has 0 atom stereocenters. The molecule has 5 nitrogen and oxygen atoms in total. The van der Waals surface area contributed by atoms with Crippen molar-refractivity contribution in [3.05, 3.63) is 54.0 Å². The second kappa shape index (κ2) is 5.85. The average Bonchev–Trinajstić information content (AvgIpc) is 2.51. The monoisotopic (exact) mass is 280 g/mol. The summed E-state index contributed by atoms with van der Waals surface area (Å²) in [5.41, 5.74) is 2.77. The lowest BCUT2D eigenvalue weighted by molar-refractivity contribution is 0.443. The molecule has 0 saturated heterocycles. The zero-order chi connectivity index (χ0) is 14.7. The van der Waals surface area contributed by atoms with Crippen molar-refractivity contribution in [1.29, 1.82) is 0 Å². The number of ether oxygens (including phenoxy) is 1. The Hall–Kier alpha value is -2.53. The minimum absolute atomic E-state index is 0.338. The molecule has 0 amide bonds. The highest BCUT2D eigenvalue weighted by atomic mass is 16.5. The van der Waals surface area contributed by atoms with Crippen molar-refractivity contribution < 1.29 is 4.74 Å². The molecule has 0 aliphatic carbocycles. The minimum atomic E-state index is 0.338. The summed E-state index contributed by atoms with van der Waals surface area (Å²) in [6.45, 7) is 2.69. The Bertz CT molecular complexity index is 768. The predicted molar refractivity (Wildman–Crippen MR) is 81.3 cm³/mol. The van der Waals surface area contributed by atoms with Gasteiger partial charge in [0.15, 0.2) is 5.75 Å². The van der Waals surface area contributed by atoms with Crippen molar-refractivity contribution in [1.82, 2.24) is 20.3 Å². The van der Waals surface area contributed by atoms with Gasteiger partial charge in [0, 0.05) is 35.6 Å². The van der Waals surface area contributed by atoms with Crippen LogP contribution in [0, 0.1) is 6.92 Å². The zero-order valence-electron chi connectivity index (χ0n) is 12.0. The van der Waals surface area contributed by atoms with Gasteiger partial charge in [0.1, 0.15) is 5.52 Å². The number of benzene rings is 1. The molecule has 2 heterocycles. The molecule has 0 saturated carbocycles. The van der Waals surface area contributed by atoms with Crippen molar-refractivity contribution in [3.8, 4) is 11.8 Å². The fraction of sp³-hybridized carbons (Fsp3) is 0.188. The number of aryl methyl sites for hydroxylation is 1. The van der Waals surface area contributed by atoms with Gasteiger partial charge in [-0.15, -0.1) is 0 Å². The Morgan fingerprint density at radius 2 is 2.00 bits per heavy atom. The Balaban J connectivity index is 1.93. The Kier molecular flexibility index (Phi) is 3.75. The van der Waals surface area contributed by atoms with Crippen LogP contribution < -0.4 is 10.1 Å². The SMILES string of the molecule is CNCc1cnc(Oc2cccc3cccnc23)nc1C. The van der Waals surface area contributed by atoms with Crippen LogP contribution >= 0.6 is 0 Å². The standard InChI is InChI=1S/C16H16N4O/c1-11-13(9-17-2)10-19-16(20-11)21-14-7-3-5-12-6-4-8-18-15(12)14/h3-8,10,17H,9H2,1-2H3. The van der Waals surface area contributed by atoms with E-state index in [4.69, 9.17) is 4.74 Å². The molecule has 106 valence electrons. The van der Waals surface area contributed by atoms with Gasteiger partial charge in [0.25, 0.3) is 0 Å². The van der Waals surface area contributed by atoms with Crippen LogP contribution in [0.4, 0.5) is 0 Å². The molecule has 5 heteroatoms. The summed E-state index contributed by atoms with van der Waals surface area (Å²) in [4.78, 5) is 13.0. The van der Waals surface area contributed by atoms with E-state index in [-0.39, 0.29) is 0 Å². The van der Waals surface area contributed by atoms with Gasteiger partial charge in [0.2, 0.25) is 0 Å². The lowest BCUT2D eigenvalue weighted by Gasteiger charge is -2.09. The van der Waals surface area contributed by atoms with Crippen LogP contribution in [-0.2, 0) is 6.54 Å². The molecular weight excluding hydrogens is 264 g/mol. The van der Waals surface area contributed by atoms with Crippen molar-refractivity contribution in [2.45, 2.75) is 13.5 Å². The molecule has 2 aromatic heterocycles. The molecule has 0 spiro atoms. The van der Waals surface area contributed by atoms with Crippen molar-refractivity contribution in [2.24, 2.45) is 0 Å². The number of rotatable bonds is 4. The minimum Gasteiger partial charge on any atom is -0.422 e. The topological polar surface area (TPSA) is 59.9 Å². The lowest BCUT2D eigenvalue weighted by atomic mass is 10.2. The van der Waals surface area contributed by atoms with Gasteiger partial charge in [0.05, 0.1) is 0 Å². The van der Waals surface area contributed by atoms with E-state index in [0.717, 1.165) is 28.7 Å². The van der Waals surface area contributed by atoms with E-state index >= 15 is 0 Å². The fourth-order valence-electron chi connectivity index (χ4n) is 2.14. The molecule has 3 rings (SSSR count). The normalized spacial score (nSPS) is 10.8. The molecule has 1 N–H and O–H groups in total. The van der Waals surface area contributed by atoms with Crippen LogP contribution in [0.25, 0.3) is 10.9 Å². The van der Waals surface area contributed by atoms with Gasteiger partial charge >= 0.3 is 6.01 Å². The van der Waals surface area contributed by atoms with Crippen LogP contribution in [0.15, 0.2) is 42.7 Å². The van der Waals surface area contributed by atoms with E-state index < -0.39 is 0 Å². The molecular formula is C16H16N4O. The first-order chi connectivity index (χ1) is 10.3. The maximum Gasteiger partial charge on any atom is 0.322 e. The van der Waals surface area contributed by atoms with E-state index in [9.17, 15) is 0 Å². The van der Waals surface area contributed by atoms with E-state index in [1.807, 2.05) is 44.3 Å². The molecule has 0 aliphatic rings. The van der Waals surface area contributed by atoms with Crippen LogP contribution in [0.1, 0.15) is 11.3 Å². The first-order valence-corrected chi connectivity index (χ1v) is 6.76. The maximum absolute atomic E-state index is 5.80. The second-order valence-electron chi connectivity index (χ2n) is 4.73. The summed E-state index contributed by atoms with van der Waals surface area (Å²) in [5, 5.41) is 4.11. The van der Waals surface area contributed by atoms with Crippen LogP contribution in [-0.4, -0.2) is 22.0 Å². The quantitative estimate of drug-likeness (QED) is 0.796. The van der Waals surface area contributed by atoms with Gasteiger partial charge in [-0.1, -0.05) is 18.2 Å². The average molecular weight is 280 g/mol. The summed E-state index contributed by atoms with van der Waals surface area (Å²) in [6.07, 6.45) is 3.53. The van der Waals surface area contributed by atoms with Gasteiger partial charge < -0.3 is 10.1 Å². The van der Waals surface area contributed by atoms with Gasteiger partial charge in [-0.25, -0.2) is 4.98 Å². The van der Waals surface area contributed by atoms with Crippen molar-refractivity contribution in [3.63, 3.8) is 0 Å². The van der Waals surface area contributed by atoms with Gasteiger partial charge in [-0.3, -0.25) is 4.98 Å². The summed E-state index contributed by atoms with van der Waals surface area (Å²) in [6, 6.07) is 10.0. The second-order valence-corrected chi connectivity index (χ2v) is 4.73. The first kappa shape index (κ1) is 13.5. The molecule has 0 radical (unpaired) electrons. The Morgan fingerprint density at radius 3 is 2.81 bits per heavy atom. The van der Waals surface area contributed by atoms with Crippen LogP contribution in [0.2, 0.25) is 0 Å². The molecule has 0 aliphatic heterocycles. The number of fused-ring (bicyclic) bond motifs is 1. The third kappa shape index (κ3) is 2.83. The van der Waals surface area contributed by atoms with Gasteiger partial charge in [-0.2, -0.15) is 4.98 Å². The van der Waals surface area contributed by atoms with Crippen LogP contribution in [0.5, 0.6) is 11.8 Å². The number of pyridine rings is 1. The number of hydrogen-bond donors (Lipinski definition) is 1. The Morgan fingerprint density at radius 1 is 1.14 bits per heavy atom. The fourth-order valence-corrected chi connectivity index (χ4v) is 2.14. The highest BCUT2D eigenvalue weighted by Gasteiger charge is 2.08. The first-order valence-electron chi connectivity index (χ1n) is 6.76. The number of aromatic nitrogens is 3. The van der Waals surface area contributed by atoms with E-state index in [2.05, 4.69) is 20.3 Å². The summed E-state index contributed by atoms with van der Waals surface area (Å²) in [5.74, 6) is 0.661. The van der Waals surface area contributed by atoms with E-state index in [1.54, 1.807) is 12.4 Å². The zero-order valence-corrected chi connectivity index (χ0v) is 12.0. The Labute approximate surface area is 123 Å². The summed E-state index contributed by atoms with van der Waals surface area (Å²) < 4.78 is 5.80. The maximum atomic E-state index is 5.80. The summed E-state index contributed by atoms with van der Waals surface area (Å²) >= 11 is 0. The summed E-state index contributed by atoms with van der Waals surface area (Å²) in [7, 11) is 1.89. The molecule has 21 heavy (non-hydrogen) atoms. The molecule has 0 bridgehead atoms. The van der Waals surface area contributed by atoms with E-state index in [0.29, 0.717) is 11.8 Å². The predicted octanol–water partition coefficient (Wildman–Crippen LogP) is 2.84. The molecule has 1 aromatic carbocycles. The molecule has 0 fully saturated rings. The highest BCUT2D eigenvalue weighted by molar-refractivity contribution is 5.84. The lowest BCUT2D eigenvalue weighted by Crippen LogP contribution is -2.08. The smallest absolute Gasteiger partial charge is 0.322 e. The molecule has 3 aromatic rings. The molecule has 0 unspecified atom stereocenters. The number of nitrogens with one attached hydrogen (secondary N) is 1. The number of nitrogens with zero attached hydrogens (tertiary/aromatic N) is 3. The van der Waals surface area contributed by atoms with Crippen LogP contribution in [0.3, 0.4) is 0 Å². The third-order valence-electron chi connectivity index (χ3n) is 3.22. The van der Waals surface area contributed by atoms with Gasteiger partial charge in [-0.05, 0) is 26.1 Å². The number of para-hydroxylation sites is 1. The largest absolute Gasteiger partial charge is 0.422 e. The third-order valence-corrected chi connectivity index (χ3v) is 3.22. The number of hydrogen-bond acceptors (Lipinski definition) is 5. The highest BCUT2D eigenvalue weighted by Crippen LogP contribution is 2.26. The van der Waals surface area contributed by atoms with Crippen molar-refractivity contribution in [2.75, 3.05) is 7.05 Å². The van der Waals surface area contributed by atoms with E-state index in [1.165, 1.54) is 0 Å².